The van der Waals surface area contributed by atoms with Crippen LogP contribution in [-0.2, 0) is 12.8 Å². The van der Waals surface area contributed by atoms with Crippen LogP contribution in [0.4, 0.5) is 5.82 Å². The lowest BCUT2D eigenvalue weighted by Gasteiger charge is -2.27. The van der Waals surface area contributed by atoms with E-state index in [0.29, 0.717) is 5.41 Å². The normalized spacial score (nSPS) is 18.6. The van der Waals surface area contributed by atoms with Gasteiger partial charge in [0.15, 0.2) is 5.82 Å². The van der Waals surface area contributed by atoms with Crippen LogP contribution in [0.5, 0.6) is 0 Å². The molecule has 0 unspecified atom stereocenters. The van der Waals surface area contributed by atoms with Gasteiger partial charge in [0.1, 0.15) is 5.76 Å². The largest absolute Gasteiger partial charge is 0.367 e. The third kappa shape index (κ3) is 2.16. The van der Waals surface area contributed by atoms with Crippen molar-refractivity contribution in [2.24, 2.45) is 5.41 Å². The minimum absolute atomic E-state index is 0.370. The van der Waals surface area contributed by atoms with Gasteiger partial charge >= 0.3 is 0 Å². The zero-order valence-corrected chi connectivity index (χ0v) is 9.89. The molecule has 84 valence electrons. The average molecular weight is 208 g/mol. The van der Waals surface area contributed by atoms with Gasteiger partial charge in [0.2, 0.25) is 0 Å². The van der Waals surface area contributed by atoms with Crippen molar-refractivity contribution >= 4 is 5.82 Å². The number of nitrogens with one attached hydrogen (secondary N) is 1. The third-order valence-corrected chi connectivity index (χ3v) is 3.10. The summed E-state index contributed by atoms with van der Waals surface area (Å²) in [4.78, 5) is 0. The van der Waals surface area contributed by atoms with Crippen LogP contribution in [0.25, 0.3) is 0 Å². The number of hydrogen-bond acceptors (Lipinski definition) is 3. The van der Waals surface area contributed by atoms with E-state index >= 15 is 0 Å². The average Bonchev–Trinajstić information content (AvgIpc) is 2.55. The minimum Gasteiger partial charge on any atom is -0.367 e. The molecule has 1 aliphatic carbocycles. The van der Waals surface area contributed by atoms with Gasteiger partial charge in [0, 0.05) is 18.5 Å². The van der Waals surface area contributed by atoms with E-state index in [4.69, 9.17) is 4.52 Å². The van der Waals surface area contributed by atoms with Crippen LogP contribution in [-0.4, -0.2) is 11.7 Å². The fourth-order valence-corrected chi connectivity index (χ4v) is 2.11. The van der Waals surface area contributed by atoms with Crippen LogP contribution in [0.3, 0.4) is 0 Å². The summed E-state index contributed by atoms with van der Waals surface area (Å²) in [7, 11) is 0. The minimum atomic E-state index is 0.370. The molecule has 0 saturated heterocycles. The molecule has 1 aromatic heterocycles. The van der Waals surface area contributed by atoms with Gasteiger partial charge in [0.25, 0.3) is 0 Å². The molecule has 0 amide bonds. The van der Waals surface area contributed by atoms with Crippen molar-refractivity contribution in [1.29, 1.82) is 0 Å². The highest BCUT2D eigenvalue weighted by molar-refractivity contribution is 5.46. The molecule has 3 heteroatoms. The summed E-state index contributed by atoms with van der Waals surface area (Å²) in [6.45, 7) is 7.71. The van der Waals surface area contributed by atoms with Crippen LogP contribution in [0.1, 0.15) is 44.9 Å². The SMILES string of the molecule is CCCNc1noc2c1CCC(C)(C)C2. The standard InChI is InChI=1S/C12H20N2O/c1-4-7-13-11-9-5-6-12(2,3)8-10(9)15-14-11/h4-8H2,1-3H3,(H,13,14). The Morgan fingerprint density at radius 2 is 2.27 bits per heavy atom. The molecule has 15 heavy (non-hydrogen) atoms. The molecule has 1 N–H and O–H groups in total. The third-order valence-electron chi connectivity index (χ3n) is 3.10. The van der Waals surface area contributed by atoms with E-state index in [1.54, 1.807) is 0 Å². The van der Waals surface area contributed by atoms with Crippen LogP contribution >= 0.6 is 0 Å². The Morgan fingerprint density at radius 3 is 3.00 bits per heavy atom. The number of hydrogen-bond donors (Lipinski definition) is 1. The Bertz CT molecular complexity index is 341. The van der Waals surface area contributed by atoms with Crippen LogP contribution < -0.4 is 5.32 Å². The van der Waals surface area contributed by atoms with E-state index in [2.05, 4.69) is 31.2 Å². The lowest BCUT2D eigenvalue weighted by molar-refractivity contribution is 0.264. The summed E-state index contributed by atoms with van der Waals surface area (Å²) < 4.78 is 5.41. The lowest BCUT2D eigenvalue weighted by atomic mass is 9.77. The fourth-order valence-electron chi connectivity index (χ4n) is 2.11. The maximum atomic E-state index is 5.41. The second kappa shape index (κ2) is 3.87. The predicted molar refractivity (Wildman–Crippen MR) is 61.1 cm³/mol. The van der Waals surface area contributed by atoms with Gasteiger partial charge < -0.3 is 9.84 Å². The van der Waals surface area contributed by atoms with Crippen molar-refractivity contribution in [3.63, 3.8) is 0 Å². The van der Waals surface area contributed by atoms with Gasteiger partial charge in [-0.15, -0.1) is 0 Å². The van der Waals surface area contributed by atoms with Gasteiger partial charge in [-0.1, -0.05) is 25.9 Å². The zero-order chi connectivity index (χ0) is 10.9. The van der Waals surface area contributed by atoms with Crippen molar-refractivity contribution in [3.8, 4) is 0 Å². The molecule has 0 bridgehead atoms. The van der Waals surface area contributed by atoms with Crippen LogP contribution in [0, 0.1) is 5.41 Å². The first-order valence-corrected chi connectivity index (χ1v) is 5.84. The predicted octanol–water partition coefficient (Wildman–Crippen LogP) is 3.01. The molecular formula is C12H20N2O. The van der Waals surface area contributed by atoms with Crippen molar-refractivity contribution in [2.75, 3.05) is 11.9 Å². The maximum absolute atomic E-state index is 5.41. The molecule has 0 atom stereocenters. The number of aromatic nitrogens is 1. The highest BCUT2D eigenvalue weighted by Crippen LogP contribution is 2.37. The van der Waals surface area contributed by atoms with Gasteiger partial charge in [-0.3, -0.25) is 0 Å². The highest BCUT2D eigenvalue weighted by Gasteiger charge is 2.30. The Balaban J connectivity index is 2.15. The summed E-state index contributed by atoms with van der Waals surface area (Å²) in [5.41, 5.74) is 1.68. The second-order valence-corrected chi connectivity index (χ2v) is 5.20. The molecule has 1 aromatic rings. The number of nitrogens with zero attached hydrogens (tertiary/aromatic N) is 1. The topological polar surface area (TPSA) is 38.1 Å². The maximum Gasteiger partial charge on any atom is 0.172 e. The Labute approximate surface area is 91.2 Å². The van der Waals surface area contributed by atoms with E-state index in [-0.39, 0.29) is 0 Å². The molecule has 1 heterocycles. The van der Waals surface area contributed by atoms with Gasteiger partial charge in [-0.05, 0) is 24.7 Å². The molecule has 0 aromatic carbocycles. The number of rotatable bonds is 3. The number of fused-ring (bicyclic) bond motifs is 1. The summed E-state index contributed by atoms with van der Waals surface area (Å²) in [6.07, 6.45) is 4.45. The summed E-state index contributed by atoms with van der Waals surface area (Å²) >= 11 is 0. The first kappa shape index (κ1) is 10.5. The molecular weight excluding hydrogens is 188 g/mol. The Kier molecular flexibility index (Phi) is 2.72. The van der Waals surface area contributed by atoms with Gasteiger partial charge in [-0.2, -0.15) is 0 Å². The van der Waals surface area contributed by atoms with E-state index in [9.17, 15) is 0 Å². The highest BCUT2D eigenvalue weighted by atomic mass is 16.5. The molecule has 0 fully saturated rings. The Morgan fingerprint density at radius 1 is 1.47 bits per heavy atom. The first-order chi connectivity index (χ1) is 7.12. The molecule has 0 saturated carbocycles. The fraction of sp³-hybridized carbons (Fsp3) is 0.750. The van der Waals surface area contributed by atoms with Crippen molar-refractivity contribution in [1.82, 2.24) is 5.16 Å². The van der Waals surface area contributed by atoms with E-state index in [1.807, 2.05) is 0 Å². The summed E-state index contributed by atoms with van der Waals surface area (Å²) in [5.74, 6) is 2.06. The van der Waals surface area contributed by atoms with Crippen molar-refractivity contribution in [3.05, 3.63) is 11.3 Å². The number of anilines is 1. The molecule has 2 rings (SSSR count). The quantitative estimate of drug-likeness (QED) is 0.829. The lowest BCUT2D eigenvalue weighted by Crippen LogP contribution is -2.21. The Hall–Kier alpha value is -0.990. The molecule has 0 spiro atoms. The first-order valence-electron chi connectivity index (χ1n) is 5.84. The van der Waals surface area contributed by atoms with E-state index < -0.39 is 0 Å². The van der Waals surface area contributed by atoms with E-state index in [0.717, 1.165) is 37.4 Å². The summed E-state index contributed by atoms with van der Waals surface area (Å²) in [6, 6.07) is 0. The van der Waals surface area contributed by atoms with E-state index in [1.165, 1.54) is 12.0 Å². The molecule has 3 nitrogen and oxygen atoms in total. The van der Waals surface area contributed by atoms with Gasteiger partial charge in [-0.25, -0.2) is 0 Å². The second-order valence-electron chi connectivity index (χ2n) is 5.20. The molecule has 0 aliphatic heterocycles. The van der Waals surface area contributed by atoms with Gasteiger partial charge in [0.05, 0.1) is 0 Å². The van der Waals surface area contributed by atoms with Crippen molar-refractivity contribution in [2.45, 2.75) is 46.5 Å². The summed E-state index contributed by atoms with van der Waals surface area (Å²) in [5, 5.41) is 7.44. The van der Waals surface area contributed by atoms with Crippen LogP contribution in [0.15, 0.2) is 4.52 Å². The monoisotopic (exact) mass is 208 g/mol. The molecule has 0 radical (unpaired) electrons. The smallest absolute Gasteiger partial charge is 0.172 e. The molecule has 1 aliphatic rings. The van der Waals surface area contributed by atoms with Crippen LogP contribution in [0.2, 0.25) is 0 Å². The van der Waals surface area contributed by atoms with Crippen molar-refractivity contribution < 1.29 is 4.52 Å². The zero-order valence-electron chi connectivity index (χ0n) is 9.89.